The molecule has 2 amide bonds. The number of hydrogen-bond acceptors (Lipinski definition) is 6. The molecule has 9 nitrogen and oxygen atoms in total. The Morgan fingerprint density at radius 2 is 1.96 bits per heavy atom. The minimum atomic E-state index is -1.22. The summed E-state index contributed by atoms with van der Waals surface area (Å²) in [6.45, 7) is -0.0235. The average molecular weight is 345 g/mol. The minimum Gasteiger partial charge on any atom is -0.460 e. The molecule has 0 spiro atoms. The summed E-state index contributed by atoms with van der Waals surface area (Å²) in [4.78, 5) is 51.1. The van der Waals surface area contributed by atoms with Gasteiger partial charge in [-0.25, -0.2) is 9.59 Å². The van der Waals surface area contributed by atoms with Gasteiger partial charge in [-0.1, -0.05) is 30.3 Å². The van der Waals surface area contributed by atoms with Crippen LogP contribution < -0.4 is 0 Å². The fourth-order valence-electron chi connectivity index (χ4n) is 2.37. The van der Waals surface area contributed by atoms with E-state index in [1.54, 1.807) is 24.3 Å². The van der Waals surface area contributed by atoms with Crippen molar-refractivity contribution in [3.8, 4) is 0 Å². The van der Waals surface area contributed by atoms with Gasteiger partial charge in [0.25, 0.3) is 0 Å². The van der Waals surface area contributed by atoms with Gasteiger partial charge in [0.1, 0.15) is 12.6 Å². The van der Waals surface area contributed by atoms with Gasteiger partial charge in [0.05, 0.1) is 7.11 Å². The molecule has 1 aliphatic heterocycles. The molecule has 0 N–H and O–H groups in total. The van der Waals surface area contributed by atoms with E-state index in [9.17, 15) is 19.2 Å². The van der Waals surface area contributed by atoms with Crippen LogP contribution in [0.4, 0.5) is 0 Å². The van der Waals surface area contributed by atoms with Gasteiger partial charge in [-0.3, -0.25) is 14.5 Å². The number of esters is 2. The molecule has 1 heterocycles. The molecule has 2 rings (SSSR count). The van der Waals surface area contributed by atoms with E-state index in [1.165, 1.54) is 0 Å². The maximum absolute atomic E-state index is 12.3. The Balaban J connectivity index is 2.12. The number of likely N-dealkylation sites (tertiary alicyclic amines) is 1. The molecule has 0 saturated carbocycles. The predicted octanol–water partition coefficient (Wildman–Crippen LogP) is 0.0912. The first kappa shape index (κ1) is 18.0. The number of benzene rings is 1. The fraction of sp³-hybridized carbons (Fsp3) is 0.312. The van der Waals surface area contributed by atoms with E-state index in [0.717, 1.165) is 12.7 Å². The van der Waals surface area contributed by atoms with E-state index in [0.29, 0.717) is 4.90 Å². The van der Waals surface area contributed by atoms with Crippen molar-refractivity contribution in [1.29, 1.82) is 0 Å². The van der Waals surface area contributed by atoms with Crippen LogP contribution in [0.25, 0.3) is 5.53 Å². The Labute approximate surface area is 142 Å². The van der Waals surface area contributed by atoms with Crippen LogP contribution >= 0.6 is 0 Å². The van der Waals surface area contributed by atoms with Gasteiger partial charge in [-0.05, 0) is 12.0 Å². The first-order valence-corrected chi connectivity index (χ1v) is 7.37. The Bertz CT molecular complexity index is 754. The third-order valence-corrected chi connectivity index (χ3v) is 3.61. The van der Waals surface area contributed by atoms with E-state index < -0.39 is 35.5 Å². The SMILES string of the molecule is COC(=O)C(=[N+]=[N-])C(=O)N1C(=O)CCC1C(=O)OCc1ccccc1. The Morgan fingerprint density at radius 1 is 1.28 bits per heavy atom. The van der Waals surface area contributed by atoms with Gasteiger partial charge < -0.3 is 15.0 Å². The first-order chi connectivity index (χ1) is 12.0. The highest BCUT2D eigenvalue weighted by atomic mass is 16.5. The summed E-state index contributed by atoms with van der Waals surface area (Å²) in [6, 6.07) is 7.68. The van der Waals surface area contributed by atoms with Crippen LogP contribution in [0.15, 0.2) is 30.3 Å². The standard InChI is InChI=1S/C16H15N3O6/c1-24-16(23)13(18-17)14(21)19-11(7-8-12(19)20)15(22)25-9-10-5-3-2-4-6-10/h2-6,11H,7-9H2,1H3. The highest BCUT2D eigenvalue weighted by molar-refractivity contribution is 6.62. The van der Waals surface area contributed by atoms with Crippen LogP contribution in [0.1, 0.15) is 18.4 Å². The molecule has 1 saturated heterocycles. The summed E-state index contributed by atoms with van der Waals surface area (Å²) in [6.07, 6.45) is -0.0190. The molecule has 1 aromatic carbocycles. The van der Waals surface area contributed by atoms with E-state index in [1.807, 2.05) is 6.07 Å². The Morgan fingerprint density at radius 3 is 2.56 bits per heavy atom. The van der Waals surface area contributed by atoms with Crippen molar-refractivity contribution in [3.63, 3.8) is 0 Å². The van der Waals surface area contributed by atoms with Crippen LogP contribution in [-0.4, -0.2) is 52.3 Å². The average Bonchev–Trinajstić information content (AvgIpc) is 3.02. The third kappa shape index (κ3) is 3.96. The van der Waals surface area contributed by atoms with E-state index >= 15 is 0 Å². The fourth-order valence-corrected chi connectivity index (χ4v) is 2.37. The molecule has 130 valence electrons. The van der Waals surface area contributed by atoms with Gasteiger partial charge in [0.2, 0.25) is 5.91 Å². The lowest BCUT2D eigenvalue weighted by Crippen LogP contribution is -2.48. The lowest BCUT2D eigenvalue weighted by molar-refractivity contribution is -0.158. The monoisotopic (exact) mass is 345 g/mol. The quantitative estimate of drug-likeness (QED) is 0.245. The van der Waals surface area contributed by atoms with E-state index in [-0.39, 0.29) is 19.4 Å². The van der Waals surface area contributed by atoms with Crippen molar-refractivity contribution < 1.29 is 33.4 Å². The smallest absolute Gasteiger partial charge is 0.460 e. The molecule has 1 aromatic rings. The number of amides is 2. The molecule has 1 atom stereocenters. The van der Waals surface area contributed by atoms with Crippen LogP contribution in [0, 0.1) is 0 Å². The number of carbonyl (C=O) groups is 4. The van der Waals surface area contributed by atoms with Crippen LogP contribution in [-0.2, 0) is 35.3 Å². The first-order valence-electron chi connectivity index (χ1n) is 7.37. The van der Waals surface area contributed by atoms with Crippen molar-refractivity contribution in [2.45, 2.75) is 25.5 Å². The lowest BCUT2D eigenvalue weighted by Gasteiger charge is -2.19. The van der Waals surface area contributed by atoms with Crippen molar-refractivity contribution in [1.82, 2.24) is 4.90 Å². The number of imide groups is 1. The molecule has 1 aliphatic rings. The van der Waals surface area contributed by atoms with Crippen LogP contribution in [0.5, 0.6) is 0 Å². The number of hydrogen-bond donors (Lipinski definition) is 0. The highest BCUT2D eigenvalue weighted by Gasteiger charge is 2.47. The van der Waals surface area contributed by atoms with E-state index in [4.69, 9.17) is 10.3 Å². The largest absolute Gasteiger partial charge is 0.463 e. The molecule has 0 radical (unpaired) electrons. The summed E-state index contributed by atoms with van der Waals surface area (Å²) in [5.41, 5.74) is 8.59. The summed E-state index contributed by atoms with van der Waals surface area (Å²) in [7, 11) is 0.984. The lowest BCUT2D eigenvalue weighted by atomic mass is 10.2. The maximum atomic E-state index is 12.3. The van der Waals surface area contributed by atoms with Gasteiger partial charge in [-0.2, -0.15) is 4.79 Å². The van der Waals surface area contributed by atoms with Gasteiger partial charge in [0, 0.05) is 6.42 Å². The molecule has 25 heavy (non-hydrogen) atoms. The second kappa shape index (κ2) is 7.98. The molecule has 1 fully saturated rings. The van der Waals surface area contributed by atoms with Gasteiger partial charge in [0.15, 0.2) is 0 Å². The maximum Gasteiger partial charge on any atom is 0.463 e. The number of ether oxygens (including phenoxy) is 2. The third-order valence-electron chi connectivity index (χ3n) is 3.61. The van der Waals surface area contributed by atoms with Crippen molar-refractivity contribution in [2.75, 3.05) is 7.11 Å². The zero-order valence-corrected chi connectivity index (χ0v) is 13.4. The van der Waals surface area contributed by atoms with E-state index in [2.05, 4.69) is 9.53 Å². The molecule has 1 unspecified atom stereocenters. The molecule has 0 aromatic heterocycles. The van der Waals surface area contributed by atoms with Crippen LogP contribution in [0.3, 0.4) is 0 Å². The van der Waals surface area contributed by atoms with Crippen molar-refractivity contribution >= 4 is 29.5 Å². The Kier molecular flexibility index (Phi) is 5.75. The summed E-state index contributed by atoms with van der Waals surface area (Å²) in [5.74, 6) is -3.89. The Hall–Kier alpha value is -3.32. The number of carbonyl (C=O) groups excluding carboxylic acids is 4. The minimum absolute atomic E-state index is 0.0235. The topological polar surface area (TPSA) is 126 Å². The molecule has 9 heteroatoms. The molecular weight excluding hydrogens is 330 g/mol. The number of nitrogens with zero attached hydrogens (tertiary/aromatic N) is 3. The molecular formula is C16H15N3O6. The zero-order valence-electron chi connectivity index (χ0n) is 13.4. The predicted molar refractivity (Wildman–Crippen MR) is 81.8 cm³/mol. The van der Waals surface area contributed by atoms with Crippen molar-refractivity contribution in [3.05, 3.63) is 41.4 Å². The second-order valence-corrected chi connectivity index (χ2v) is 5.16. The summed E-state index contributed by atoms with van der Waals surface area (Å²) >= 11 is 0. The normalized spacial score (nSPS) is 16.1. The van der Waals surface area contributed by atoms with Gasteiger partial charge >= 0.3 is 23.6 Å². The summed E-state index contributed by atoms with van der Waals surface area (Å²) < 4.78 is 9.45. The summed E-state index contributed by atoms with van der Waals surface area (Å²) in [5, 5.41) is 0. The number of methoxy groups -OCH3 is 1. The highest BCUT2D eigenvalue weighted by Crippen LogP contribution is 2.21. The molecule has 0 bridgehead atoms. The van der Waals surface area contributed by atoms with Crippen molar-refractivity contribution in [2.24, 2.45) is 0 Å². The second-order valence-electron chi connectivity index (χ2n) is 5.16. The van der Waals surface area contributed by atoms with Gasteiger partial charge in [-0.15, -0.1) is 0 Å². The molecule has 0 aliphatic carbocycles. The van der Waals surface area contributed by atoms with Crippen LogP contribution in [0.2, 0.25) is 0 Å². The number of rotatable bonds is 5. The zero-order chi connectivity index (χ0) is 18.4.